The molecule has 2 rings (SSSR count). The molecule has 5 nitrogen and oxygen atoms in total. The van der Waals surface area contributed by atoms with Crippen LogP contribution in [0.5, 0.6) is 11.8 Å². The van der Waals surface area contributed by atoms with Crippen LogP contribution in [-0.2, 0) is 6.61 Å². The summed E-state index contributed by atoms with van der Waals surface area (Å²) in [6, 6.07) is 9.43. The van der Waals surface area contributed by atoms with Gasteiger partial charge in [0.25, 0.3) is 0 Å². The number of benzene rings is 1. The number of ether oxygens (including phenoxy) is 2. The summed E-state index contributed by atoms with van der Waals surface area (Å²) in [5.41, 5.74) is 6.57. The van der Waals surface area contributed by atoms with Crippen molar-refractivity contribution in [1.82, 2.24) is 9.97 Å². The van der Waals surface area contributed by atoms with Crippen molar-refractivity contribution >= 4 is 21.9 Å². The average molecular weight is 310 g/mol. The minimum atomic E-state index is 0.124. The van der Waals surface area contributed by atoms with Gasteiger partial charge in [-0.05, 0) is 17.7 Å². The van der Waals surface area contributed by atoms with Crippen LogP contribution in [0.25, 0.3) is 0 Å². The van der Waals surface area contributed by atoms with E-state index >= 15 is 0 Å². The summed E-state index contributed by atoms with van der Waals surface area (Å²) in [7, 11) is 1.51. The van der Waals surface area contributed by atoms with Gasteiger partial charge in [0, 0.05) is 4.47 Å². The predicted octanol–water partition coefficient (Wildman–Crippen LogP) is 2.41. The summed E-state index contributed by atoms with van der Waals surface area (Å²) in [4.78, 5) is 7.85. The molecule has 1 aromatic heterocycles. The maximum atomic E-state index is 5.54. The van der Waals surface area contributed by atoms with Gasteiger partial charge in [0.1, 0.15) is 6.61 Å². The van der Waals surface area contributed by atoms with Gasteiger partial charge in [-0.2, -0.15) is 9.97 Å². The first kappa shape index (κ1) is 12.6. The van der Waals surface area contributed by atoms with E-state index in [2.05, 4.69) is 25.9 Å². The number of nitrogen functional groups attached to an aromatic ring is 1. The second-order valence-corrected chi connectivity index (χ2v) is 4.44. The summed E-state index contributed by atoms with van der Waals surface area (Å²) in [6.07, 6.45) is 0. The minimum Gasteiger partial charge on any atom is -0.481 e. The van der Waals surface area contributed by atoms with Crippen LogP contribution in [0.15, 0.2) is 34.8 Å². The van der Waals surface area contributed by atoms with Crippen LogP contribution < -0.4 is 15.2 Å². The molecule has 0 aliphatic carbocycles. The average Bonchev–Trinajstić information content (AvgIpc) is 2.36. The summed E-state index contributed by atoms with van der Waals surface area (Å²) >= 11 is 3.40. The Morgan fingerprint density at radius 3 is 2.72 bits per heavy atom. The fourth-order valence-corrected chi connectivity index (χ4v) is 1.83. The molecule has 94 valence electrons. The van der Waals surface area contributed by atoms with Gasteiger partial charge >= 0.3 is 0 Å². The number of halogens is 1. The second-order valence-electron chi connectivity index (χ2n) is 3.53. The monoisotopic (exact) mass is 309 g/mol. The molecule has 0 fully saturated rings. The third-order valence-corrected chi connectivity index (χ3v) is 2.67. The van der Waals surface area contributed by atoms with Crippen LogP contribution in [0.1, 0.15) is 5.56 Å². The Morgan fingerprint density at radius 1 is 1.22 bits per heavy atom. The second kappa shape index (κ2) is 5.68. The number of hydrogen-bond acceptors (Lipinski definition) is 5. The van der Waals surface area contributed by atoms with Crippen molar-refractivity contribution in [3.05, 3.63) is 40.4 Å². The molecule has 18 heavy (non-hydrogen) atoms. The van der Waals surface area contributed by atoms with E-state index in [1.54, 1.807) is 6.07 Å². The molecule has 2 N–H and O–H groups in total. The van der Waals surface area contributed by atoms with E-state index in [4.69, 9.17) is 15.2 Å². The fourth-order valence-electron chi connectivity index (χ4n) is 1.38. The highest BCUT2D eigenvalue weighted by Crippen LogP contribution is 2.18. The Hall–Kier alpha value is -1.82. The molecule has 2 aromatic rings. The molecular weight excluding hydrogens is 298 g/mol. The molecule has 0 bridgehead atoms. The fraction of sp³-hybridized carbons (Fsp3) is 0.167. The van der Waals surface area contributed by atoms with Gasteiger partial charge in [-0.25, -0.2) is 0 Å². The van der Waals surface area contributed by atoms with E-state index in [0.717, 1.165) is 10.0 Å². The third kappa shape index (κ3) is 3.33. The summed E-state index contributed by atoms with van der Waals surface area (Å²) in [5.74, 6) is 0.893. The lowest BCUT2D eigenvalue weighted by atomic mass is 10.2. The lowest BCUT2D eigenvalue weighted by Gasteiger charge is -2.07. The molecule has 0 amide bonds. The molecule has 0 aliphatic rings. The quantitative estimate of drug-likeness (QED) is 0.939. The van der Waals surface area contributed by atoms with Gasteiger partial charge in [0.15, 0.2) is 0 Å². The molecule has 0 atom stereocenters. The van der Waals surface area contributed by atoms with Gasteiger partial charge in [-0.15, -0.1) is 0 Å². The van der Waals surface area contributed by atoms with Crippen molar-refractivity contribution in [3.63, 3.8) is 0 Å². The summed E-state index contributed by atoms with van der Waals surface area (Å²) in [5, 5.41) is 0. The van der Waals surface area contributed by atoms with Crippen LogP contribution >= 0.6 is 15.9 Å². The molecule has 0 saturated carbocycles. The smallest absolute Gasteiger partial charge is 0.226 e. The van der Waals surface area contributed by atoms with Crippen LogP contribution in [0.2, 0.25) is 0 Å². The maximum absolute atomic E-state index is 5.54. The molecule has 0 spiro atoms. The normalized spacial score (nSPS) is 10.1. The zero-order valence-electron chi connectivity index (χ0n) is 9.76. The number of rotatable bonds is 4. The highest BCUT2D eigenvalue weighted by atomic mass is 79.9. The molecule has 1 heterocycles. The molecule has 1 aromatic carbocycles. The van der Waals surface area contributed by atoms with Crippen molar-refractivity contribution in [2.75, 3.05) is 12.8 Å². The van der Waals surface area contributed by atoms with Crippen molar-refractivity contribution < 1.29 is 9.47 Å². The standard InChI is InChI=1S/C12H12BrN3O2/c1-17-10-6-11(16-12(14)15-10)18-7-8-3-2-4-9(13)5-8/h2-6H,7H2,1H3,(H2,14,15,16). The lowest BCUT2D eigenvalue weighted by Crippen LogP contribution is -2.02. The number of nitrogens with zero attached hydrogens (tertiary/aromatic N) is 2. The number of methoxy groups -OCH3 is 1. The zero-order chi connectivity index (χ0) is 13.0. The van der Waals surface area contributed by atoms with Crippen molar-refractivity contribution in [1.29, 1.82) is 0 Å². The first-order valence-corrected chi connectivity index (χ1v) is 6.02. The number of aromatic nitrogens is 2. The predicted molar refractivity (Wildman–Crippen MR) is 71.5 cm³/mol. The van der Waals surface area contributed by atoms with E-state index in [-0.39, 0.29) is 5.95 Å². The van der Waals surface area contributed by atoms with Crippen LogP contribution in [0.3, 0.4) is 0 Å². The van der Waals surface area contributed by atoms with Crippen LogP contribution in [0.4, 0.5) is 5.95 Å². The van der Waals surface area contributed by atoms with Gasteiger partial charge in [-0.1, -0.05) is 28.1 Å². The van der Waals surface area contributed by atoms with E-state index in [0.29, 0.717) is 18.4 Å². The van der Waals surface area contributed by atoms with Crippen molar-refractivity contribution in [2.24, 2.45) is 0 Å². The SMILES string of the molecule is COc1cc(OCc2cccc(Br)c2)nc(N)n1. The van der Waals surface area contributed by atoms with Gasteiger partial charge in [-0.3, -0.25) is 0 Å². The Bertz CT molecular complexity index is 549. The molecular formula is C12H12BrN3O2. The molecule has 6 heteroatoms. The molecule has 0 saturated heterocycles. The van der Waals surface area contributed by atoms with Crippen LogP contribution in [0, 0.1) is 0 Å². The molecule has 0 unspecified atom stereocenters. The van der Waals surface area contributed by atoms with E-state index in [9.17, 15) is 0 Å². The molecule has 0 radical (unpaired) electrons. The Labute approximate surface area is 113 Å². The van der Waals surface area contributed by atoms with Gasteiger partial charge < -0.3 is 15.2 Å². The van der Waals surface area contributed by atoms with Crippen molar-refractivity contribution in [2.45, 2.75) is 6.61 Å². The Morgan fingerprint density at radius 2 is 2.00 bits per heavy atom. The first-order chi connectivity index (χ1) is 8.67. The van der Waals surface area contributed by atoms with Crippen molar-refractivity contribution in [3.8, 4) is 11.8 Å². The zero-order valence-corrected chi connectivity index (χ0v) is 11.3. The Balaban J connectivity index is 2.08. The van der Waals surface area contributed by atoms with Gasteiger partial charge in [0.05, 0.1) is 13.2 Å². The summed E-state index contributed by atoms with van der Waals surface area (Å²) < 4.78 is 11.5. The largest absolute Gasteiger partial charge is 0.481 e. The number of anilines is 1. The highest BCUT2D eigenvalue weighted by molar-refractivity contribution is 9.10. The Kier molecular flexibility index (Phi) is 3.99. The van der Waals surface area contributed by atoms with Gasteiger partial charge in [0.2, 0.25) is 17.7 Å². The minimum absolute atomic E-state index is 0.124. The summed E-state index contributed by atoms with van der Waals surface area (Å²) in [6.45, 7) is 0.402. The van der Waals surface area contributed by atoms with E-state index in [1.807, 2.05) is 24.3 Å². The first-order valence-electron chi connectivity index (χ1n) is 5.23. The van der Waals surface area contributed by atoms with E-state index < -0.39 is 0 Å². The highest BCUT2D eigenvalue weighted by Gasteiger charge is 2.04. The topological polar surface area (TPSA) is 70.3 Å². The molecule has 0 aliphatic heterocycles. The number of hydrogen-bond donors (Lipinski definition) is 1. The lowest BCUT2D eigenvalue weighted by molar-refractivity contribution is 0.290. The number of nitrogens with two attached hydrogens (primary N) is 1. The van der Waals surface area contributed by atoms with Crippen LogP contribution in [-0.4, -0.2) is 17.1 Å². The maximum Gasteiger partial charge on any atom is 0.226 e. The third-order valence-electron chi connectivity index (χ3n) is 2.18. The van der Waals surface area contributed by atoms with E-state index in [1.165, 1.54) is 7.11 Å².